The third-order valence-electron chi connectivity index (χ3n) is 4.42. The molecule has 0 aliphatic heterocycles. The summed E-state index contributed by atoms with van der Waals surface area (Å²) in [6, 6.07) is 12.9. The molecule has 6 nitrogen and oxygen atoms in total. The van der Waals surface area contributed by atoms with Gasteiger partial charge in [0.25, 0.3) is 5.69 Å². The van der Waals surface area contributed by atoms with Crippen molar-refractivity contribution in [1.82, 2.24) is 0 Å². The van der Waals surface area contributed by atoms with Gasteiger partial charge in [-0.2, -0.15) is 17.7 Å². The van der Waals surface area contributed by atoms with Gasteiger partial charge in [-0.1, -0.05) is 18.3 Å². The summed E-state index contributed by atoms with van der Waals surface area (Å²) in [7, 11) is 0. The highest BCUT2D eigenvalue weighted by atomic mass is 32.1. The van der Waals surface area contributed by atoms with Crippen LogP contribution in [0.4, 0.5) is 24.5 Å². The Hall–Kier alpha value is -3.79. The molecule has 1 N–H and O–H groups in total. The number of pyridine rings is 1. The molecule has 0 aliphatic carbocycles. The van der Waals surface area contributed by atoms with Gasteiger partial charge in [-0.05, 0) is 54.6 Å². The predicted octanol–water partition coefficient (Wildman–Crippen LogP) is 4.34. The number of alkyl halides is 3. The van der Waals surface area contributed by atoms with Crippen LogP contribution >= 0.6 is 12.2 Å². The van der Waals surface area contributed by atoms with Crippen molar-refractivity contribution in [2.24, 2.45) is 0 Å². The molecule has 3 aromatic rings. The second-order valence-electron chi connectivity index (χ2n) is 6.80. The van der Waals surface area contributed by atoms with Crippen LogP contribution in [0.3, 0.4) is 0 Å². The molecule has 0 amide bonds. The van der Waals surface area contributed by atoms with Gasteiger partial charge in [0.05, 0.1) is 10.5 Å². The number of rotatable bonds is 5. The summed E-state index contributed by atoms with van der Waals surface area (Å²) in [6.45, 7) is 1.80. The van der Waals surface area contributed by atoms with Crippen molar-refractivity contribution in [1.29, 1.82) is 0 Å². The van der Waals surface area contributed by atoms with Gasteiger partial charge in [0.2, 0.25) is 5.70 Å². The van der Waals surface area contributed by atoms with E-state index in [1.165, 1.54) is 41.0 Å². The maximum atomic E-state index is 13.3. The number of nitrogens with one attached hydrogen (secondary N) is 1. The standard InChI is InChI=1S/C22H16F3N3O3S/c1-14-4-3-11-27(13-14)19(20(29)15-7-9-18(10-8-15)28(30)31)21(32)26-17-6-2-5-16(12-17)22(23,24)25/h2-13H,1H3,(H-,26,29,32). The highest BCUT2D eigenvalue weighted by Gasteiger charge is 2.30. The average Bonchev–Trinajstić information content (AvgIpc) is 2.73. The number of benzene rings is 2. The van der Waals surface area contributed by atoms with Crippen molar-refractivity contribution in [3.8, 4) is 0 Å². The van der Waals surface area contributed by atoms with Crippen LogP contribution in [-0.4, -0.2) is 9.91 Å². The van der Waals surface area contributed by atoms with Crippen LogP contribution in [0.15, 0.2) is 73.1 Å². The summed E-state index contributed by atoms with van der Waals surface area (Å²) in [5.41, 5.74) is -0.0639. The molecule has 0 saturated heterocycles. The third-order valence-corrected chi connectivity index (χ3v) is 4.72. The Bertz CT molecular complexity index is 1210. The molecule has 1 aromatic heterocycles. The molecule has 3 rings (SSSR count). The maximum absolute atomic E-state index is 13.3. The van der Waals surface area contributed by atoms with Crippen LogP contribution < -0.4 is 15.0 Å². The van der Waals surface area contributed by atoms with Crippen molar-refractivity contribution in [3.05, 3.63) is 99.9 Å². The van der Waals surface area contributed by atoms with Gasteiger partial charge >= 0.3 is 6.18 Å². The van der Waals surface area contributed by atoms with Gasteiger partial charge in [-0.25, -0.2) is 0 Å². The fourth-order valence-electron chi connectivity index (χ4n) is 2.90. The van der Waals surface area contributed by atoms with Gasteiger partial charge in [-0.3, -0.25) is 10.1 Å². The molecule has 2 aromatic carbocycles. The molecule has 0 bridgehead atoms. The zero-order chi connectivity index (χ0) is 23.5. The highest BCUT2D eigenvalue weighted by molar-refractivity contribution is 7.81. The van der Waals surface area contributed by atoms with Crippen LogP contribution in [0.5, 0.6) is 0 Å². The minimum atomic E-state index is -4.54. The second-order valence-corrected chi connectivity index (χ2v) is 7.21. The van der Waals surface area contributed by atoms with E-state index in [9.17, 15) is 28.4 Å². The van der Waals surface area contributed by atoms with Gasteiger partial charge < -0.3 is 10.4 Å². The minimum absolute atomic E-state index is 0.0186. The molecule has 164 valence electrons. The van der Waals surface area contributed by atoms with Crippen LogP contribution in [0.1, 0.15) is 16.7 Å². The minimum Gasteiger partial charge on any atom is -0.867 e. The Kier molecular flexibility index (Phi) is 6.54. The number of hydrogen-bond acceptors (Lipinski definition) is 4. The lowest BCUT2D eigenvalue weighted by Crippen LogP contribution is -2.40. The first kappa shape index (κ1) is 22.9. The number of nitrogens with zero attached hydrogens (tertiary/aromatic N) is 2. The molecule has 0 saturated carbocycles. The van der Waals surface area contributed by atoms with Crippen molar-refractivity contribution >= 4 is 40.0 Å². The lowest BCUT2D eigenvalue weighted by atomic mass is 10.1. The lowest BCUT2D eigenvalue weighted by Gasteiger charge is -2.17. The molecule has 0 atom stereocenters. The lowest BCUT2D eigenvalue weighted by molar-refractivity contribution is -0.578. The Labute approximate surface area is 186 Å². The van der Waals surface area contributed by atoms with Crippen molar-refractivity contribution < 1.29 is 27.8 Å². The smallest absolute Gasteiger partial charge is 0.416 e. The molecule has 0 unspecified atom stereocenters. The van der Waals surface area contributed by atoms with E-state index in [-0.39, 0.29) is 27.6 Å². The van der Waals surface area contributed by atoms with Crippen LogP contribution in [-0.2, 0) is 6.18 Å². The molecule has 0 aliphatic rings. The van der Waals surface area contributed by atoms with Crippen molar-refractivity contribution in [2.75, 3.05) is 5.32 Å². The topological polar surface area (TPSA) is 82.1 Å². The number of halogens is 3. The highest BCUT2D eigenvalue weighted by Crippen LogP contribution is 2.31. The number of nitro groups is 1. The monoisotopic (exact) mass is 459 g/mol. The number of thiocarbonyl (C=S) groups is 1. The Morgan fingerprint density at radius 2 is 1.78 bits per heavy atom. The van der Waals surface area contributed by atoms with E-state index in [0.29, 0.717) is 0 Å². The molecule has 0 radical (unpaired) electrons. The first-order valence-electron chi connectivity index (χ1n) is 9.19. The molecule has 1 heterocycles. The molecular weight excluding hydrogens is 443 g/mol. The Morgan fingerprint density at radius 1 is 1.09 bits per heavy atom. The fraction of sp³-hybridized carbons (Fsp3) is 0.0909. The SMILES string of the molecule is Cc1ccc[n+](C(C(=S)Nc2cccc(C(F)(F)F)c2)=C([O-])c2ccc([N+](=O)[O-])cc2)c1. The first-order chi connectivity index (χ1) is 15.1. The quantitative estimate of drug-likeness (QED) is 0.153. The number of non-ortho nitro benzene ring substituents is 1. The van der Waals surface area contributed by atoms with Gasteiger partial charge in [-0.15, -0.1) is 0 Å². The summed E-state index contributed by atoms with van der Waals surface area (Å²) in [5, 5.41) is 26.8. The van der Waals surface area contributed by atoms with E-state index in [2.05, 4.69) is 5.32 Å². The molecule has 32 heavy (non-hydrogen) atoms. The number of aryl methyl sites for hydroxylation is 1. The molecule has 10 heteroatoms. The molecular formula is C22H16F3N3O3S. The van der Waals surface area contributed by atoms with Crippen LogP contribution in [0, 0.1) is 17.0 Å². The summed E-state index contributed by atoms with van der Waals surface area (Å²) in [6.07, 6.45) is -1.32. The third kappa shape index (κ3) is 5.27. The first-order valence-corrected chi connectivity index (χ1v) is 9.60. The molecule has 0 fully saturated rings. The summed E-state index contributed by atoms with van der Waals surface area (Å²) >= 11 is 5.38. The Balaban J connectivity index is 2.06. The van der Waals surface area contributed by atoms with E-state index in [0.717, 1.165) is 17.7 Å². The van der Waals surface area contributed by atoms with E-state index >= 15 is 0 Å². The van der Waals surface area contributed by atoms with E-state index < -0.39 is 22.4 Å². The summed E-state index contributed by atoms with van der Waals surface area (Å²) < 4.78 is 40.6. The number of aromatic nitrogens is 1. The fourth-order valence-corrected chi connectivity index (χ4v) is 3.22. The zero-order valence-electron chi connectivity index (χ0n) is 16.6. The average molecular weight is 459 g/mol. The number of nitro benzene ring substituents is 1. The van der Waals surface area contributed by atoms with Gasteiger partial charge in [0.15, 0.2) is 17.4 Å². The van der Waals surface area contributed by atoms with Gasteiger partial charge in [0.1, 0.15) is 0 Å². The summed E-state index contributed by atoms with van der Waals surface area (Å²) in [4.78, 5) is 10.2. The number of anilines is 1. The number of hydrogen-bond donors (Lipinski definition) is 1. The van der Waals surface area contributed by atoms with Gasteiger partial charge in [0, 0.05) is 29.4 Å². The molecule has 0 spiro atoms. The normalized spacial score (nSPS) is 12.1. The van der Waals surface area contributed by atoms with Crippen molar-refractivity contribution in [2.45, 2.75) is 13.1 Å². The van der Waals surface area contributed by atoms with Crippen molar-refractivity contribution in [3.63, 3.8) is 0 Å². The summed E-state index contributed by atoms with van der Waals surface area (Å²) in [5.74, 6) is -0.556. The predicted molar refractivity (Wildman–Crippen MR) is 115 cm³/mol. The second kappa shape index (κ2) is 9.15. The Morgan fingerprint density at radius 3 is 2.38 bits per heavy atom. The van der Waals surface area contributed by atoms with E-state index in [1.807, 2.05) is 0 Å². The largest absolute Gasteiger partial charge is 0.867 e. The zero-order valence-corrected chi connectivity index (χ0v) is 17.4. The maximum Gasteiger partial charge on any atom is 0.416 e. The van der Waals surface area contributed by atoms with Crippen LogP contribution in [0.2, 0.25) is 0 Å². The van der Waals surface area contributed by atoms with Crippen LogP contribution in [0.25, 0.3) is 11.5 Å². The van der Waals surface area contributed by atoms with E-state index in [1.54, 1.807) is 31.5 Å². The van der Waals surface area contributed by atoms with E-state index in [4.69, 9.17) is 12.2 Å².